The molecule has 50 valence electrons. The average molecular weight is 163 g/mol. The molecule has 0 rings (SSSR count). The quantitative estimate of drug-likeness (QED) is 0.521. The fourth-order valence-electron chi connectivity index (χ4n) is 0. The summed E-state index contributed by atoms with van der Waals surface area (Å²) in [5, 5.41) is 0. The first-order valence-corrected chi connectivity index (χ1v) is 2.76. The minimum absolute atomic E-state index is 0.965. The summed E-state index contributed by atoms with van der Waals surface area (Å²) in [6.07, 6.45) is 0. The van der Waals surface area contributed by atoms with Crippen molar-refractivity contribution in [3.05, 3.63) is 0 Å². The molecule has 0 atom stereocenters. The van der Waals surface area contributed by atoms with Crippen LogP contribution >= 0.6 is 23.2 Å². The molecule has 0 aromatic carbocycles. The SMILES string of the molecule is CC(C)(F)C(F)(Cl)Cl. The van der Waals surface area contributed by atoms with Crippen LogP contribution in [0.1, 0.15) is 13.8 Å². The molecule has 0 heterocycles. The van der Waals surface area contributed by atoms with Gasteiger partial charge in [0.25, 0.3) is 4.59 Å². The highest BCUT2D eigenvalue weighted by molar-refractivity contribution is 6.47. The zero-order valence-electron chi connectivity index (χ0n) is 4.51. The molecule has 0 aliphatic heterocycles. The lowest BCUT2D eigenvalue weighted by atomic mass is 10.2. The Morgan fingerprint density at radius 1 is 1.12 bits per heavy atom. The largest absolute Gasteiger partial charge is 0.290 e. The molecule has 0 nitrogen and oxygen atoms in total. The van der Waals surface area contributed by atoms with E-state index in [1.54, 1.807) is 0 Å². The van der Waals surface area contributed by atoms with Gasteiger partial charge in [0.15, 0.2) is 5.67 Å². The van der Waals surface area contributed by atoms with Crippen molar-refractivity contribution >= 4 is 23.2 Å². The maximum atomic E-state index is 12.3. The topological polar surface area (TPSA) is 0 Å². The van der Waals surface area contributed by atoms with Crippen molar-refractivity contribution in [3.63, 3.8) is 0 Å². The van der Waals surface area contributed by atoms with Crippen LogP contribution in [-0.4, -0.2) is 10.3 Å². The number of rotatable bonds is 1. The zero-order chi connectivity index (χ0) is 7.00. The van der Waals surface area contributed by atoms with E-state index < -0.39 is 10.3 Å². The van der Waals surface area contributed by atoms with E-state index >= 15 is 0 Å². The zero-order valence-corrected chi connectivity index (χ0v) is 6.02. The number of hydrogen-bond acceptors (Lipinski definition) is 0. The second-order valence-corrected chi connectivity index (χ2v) is 3.21. The van der Waals surface area contributed by atoms with Gasteiger partial charge >= 0.3 is 0 Å². The average Bonchev–Trinajstić information content (AvgIpc) is 1.25. The van der Waals surface area contributed by atoms with Crippen molar-refractivity contribution in [2.45, 2.75) is 24.1 Å². The van der Waals surface area contributed by atoms with Crippen LogP contribution in [-0.2, 0) is 0 Å². The smallest absolute Gasteiger partial charge is 0.238 e. The Morgan fingerprint density at radius 2 is 1.25 bits per heavy atom. The number of halogens is 4. The molecule has 0 fully saturated rings. The number of hydrogen-bond donors (Lipinski definition) is 0. The highest BCUT2D eigenvalue weighted by atomic mass is 35.5. The Morgan fingerprint density at radius 3 is 1.25 bits per heavy atom. The van der Waals surface area contributed by atoms with E-state index in [-0.39, 0.29) is 0 Å². The standard InChI is InChI=1S/C4H6Cl2F2/c1-3(2,7)4(5,6)8/h1-2H3. The molecule has 0 aromatic rings. The molecule has 0 spiro atoms. The Hall–Kier alpha value is 0.440. The van der Waals surface area contributed by atoms with E-state index in [4.69, 9.17) is 23.2 Å². The molecule has 4 heteroatoms. The van der Waals surface area contributed by atoms with Crippen molar-refractivity contribution < 1.29 is 8.78 Å². The summed E-state index contributed by atoms with van der Waals surface area (Å²) in [4.78, 5) is 0. The van der Waals surface area contributed by atoms with Gasteiger partial charge in [-0.2, -0.15) is 0 Å². The molecule has 8 heavy (non-hydrogen) atoms. The third-order valence-corrected chi connectivity index (χ3v) is 1.57. The third kappa shape index (κ3) is 2.14. The van der Waals surface area contributed by atoms with Crippen molar-refractivity contribution in [3.8, 4) is 0 Å². The van der Waals surface area contributed by atoms with Crippen molar-refractivity contribution in [2.24, 2.45) is 0 Å². The van der Waals surface area contributed by atoms with Crippen molar-refractivity contribution in [2.75, 3.05) is 0 Å². The van der Waals surface area contributed by atoms with E-state index in [1.807, 2.05) is 0 Å². The fraction of sp³-hybridized carbons (Fsp3) is 1.00. The van der Waals surface area contributed by atoms with E-state index in [2.05, 4.69) is 0 Å². The van der Waals surface area contributed by atoms with Crippen LogP contribution in [0, 0.1) is 0 Å². The first-order valence-electron chi connectivity index (χ1n) is 2.01. The minimum Gasteiger partial charge on any atom is -0.238 e. The molecule has 0 bridgehead atoms. The summed E-state index contributed by atoms with van der Waals surface area (Å²) in [7, 11) is 0. The summed E-state index contributed by atoms with van der Waals surface area (Å²) in [5.41, 5.74) is -2.20. The second kappa shape index (κ2) is 1.99. The van der Waals surface area contributed by atoms with Gasteiger partial charge in [-0.25, -0.2) is 8.78 Å². The second-order valence-electron chi connectivity index (χ2n) is 1.97. The Bertz CT molecular complexity index is 67.0. The van der Waals surface area contributed by atoms with Gasteiger partial charge in [0.2, 0.25) is 0 Å². The van der Waals surface area contributed by atoms with Crippen LogP contribution in [0.5, 0.6) is 0 Å². The molecule has 0 amide bonds. The summed E-state index contributed by atoms with van der Waals surface area (Å²) in [6.45, 7) is 1.93. The normalized spacial score (nSPS) is 14.2. The highest BCUT2D eigenvalue weighted by Gasteiger charge is 2.42. The van der Waals surface area contributed by atoms with Crippen LogP contribution in [0.15, 0.2) is 0 Å². The van der Waals surface area contributed by atoms with Crippen LogP contribution in [0.4, 0.5) is 8.78 Å². The van der Waals surface area contributed by atoms with Gasteiger partial charge in [-0.15, -0.1) is 0 Å². The Labute approximate surface area is 56.8 Å². The molecule has 0 aliphatic carbocycles. The first kappa shape index (κ1) is 8.44. The Balaban J connectivity index is 4.02. The molecular weight excluding hydrogens is 157 g/mol. The molecule has 0 saturated heterocycles. The van der Waals surface area contributed by atoms with Crippen molar-refractivity contribution in [1.29, 1.82) is 0 Å². The molecule has 0 saturated carbocycles. The first-order chi connectivity index (χ1) is 3.25. The van der Waals surface area contributed by atoms with Gasteiger partial charge in [0.05, 0.1) is 0 Å². The van der Waals surface area contributed by atoms with Crippen molar-refractivity contribution in [1.82, 2.24) is 0 Å². The van der Waals surface area contributed by atoms with E-state index in [1.165, 1.54) is 0 Å². The fourth-order valence-corrected chi connectivity index (χ4v) is 0. The molecule has 0 N–H and O–H groups in total. The van der Waals surface area contributed by atoms with Crippen LogP contribution < -0.4 is 0 Å². The highest BCUT2D eigenvalue weighted by Crippen LogP contribution is 2.37. The lowest BCUT2D eigenvalue weighted by molar-refractivity contribution is 0.110. The van der Waals surface area contributed by atoms with Crippen LogP contribution in [0.3, 0.4) is 0 Å². The van der Waals surface area contributed by atoms with Gasteiger partial charge in [-0.05, 0) is 13.8 Å². The molecule has 0 aliphatic rings. The molecule has 0 radical (unpaired) electrons. The number of alkyl halides is 4. The summed E-state index contributed by atoms with van der Waals surface area (Å²) in [6, 6.07) is 0. The Kier molecular flexibility index (Phi) is 2.10. The lowest BCUT2D eigenvalue weighted by Gasteiger charge is -2.20. The summed E-state index contributed by atoms with van der Waals surface area (Å²) < 4.78 is 21.5. The van der Waals surface area contributed by atoms with E-state index in [0.717, 1.165) is 13.8 Å². The predicted molar refractivity (Wildman–Crippen MR) is 30.7 cm³/mol. The minimum atomic E-state index is -2.78. The predicted octanol–water partition coefficient (Wildman–Crippen LogP) is 2.84. The van der Waals surface area contributed by atoms with Gasteiger partial charge in [-0.1, -0.05) is 23.2 Å². The monoisotopic (exact) mass is 162 g/mol. The summed E-state index contributed by atoms with van der Waals surface area (Å²) >= 11 is 9.47. The van der Waals surface area contributed by atoms with Gasteiger partial charge < -0.3 is 0 Å². The van der Waals surface area contributed by atoms with Crippen LogP contribution in [0.2, 0.25) is 0 Å². The van der Waals surface area contributed by atoms with Crippen LogP contribution in [0.25, 0.3) is 0 Å². The molecule has 0 unspecified atom stereocenters. The lowest BCUT2D eigenvalue weighted by Crippen LogP contribution is -2.31. The maximum Gasteiger partial charge on any atom is 0.290 e. The third-order valence-electron chi connectivity index (χ3n) is 0.674. The van der Waals surface area contributed by atoms with Gasteiger partial charge in [0, 0.05) is 0 Å². The van der Waals surface area contributed by atoms with Gasteiger partial charge in [-0.3, -0.25) is 0 Å². The van der Waals surface area contributed by atoms with Gasteiger partial charge in [0.1, 0.15) is 0 Å². The van der Waals surface area contributed by atoms with E-state index in [0.29, 0.717) is 0 Å². The molecule has 0 aromatic heterocycles. The van der Waals surface area contributed by atoms with E-state index in [9.17, 15) is 8.78 Å². The molecular formula is C4H6Cl2F2. The maximum absolute atomic E-state index is 12.3. The summed E-state index contributed by atoms with van der Waals surface area (Å²) in [5.74, 6) is 0.